The lowest BCUT2D eigenvalue weighted by Gasteiger charge is -2.19. The predicted molar refractivity (Wildman–Crippen MR) is 114 cm³/mol. The van der Waals surface area contributed by atoms with E-state index in [1.54, 1.807) is 11.8 Å². The van der Waals surface area contributed by atoms with Crippen LogP contribution in [0.5, 0.6) is 11.5 Å². The van der Waals surface area contributed by atoms with E-state index in [2.05, 4.69) is 26.6 Å². The first-order chi connectivity index (χ1) is 14.8. The minimum absolute atomic E-state index is 0.553. The fourth-order valence-corrected chi connectivity index (χ4v) is 4.24. The molecule has 0 radical (unpaired) electrons. The van der Waals surface area contributed by atoms with Crippen LogP contribution < -0.4 is 9.47 Å². The molecule has 7 nitrogen and oxygen atoms in total. The zero-order valence-corrected chi connectivity index (χ0v) is 17.3. The van der Waals surface area contributed by atoms with Crippen LogP contribution in [-0.4, -0.2) is 32.9 Å². The fraction of sp³-hybridized carbons (Fsp3) is 0.227. The van der Waals surface area contributed by atoms with Crippen LogP contribution in [-0.2, 0) is 12.3 Å². The van der Waals surface area contributed by atoms with Gasteiger partial charge in [0.1, 0.15) is 13.2 Å². The summed E-state index contributed by atoms with van der Waals surface area (Å²) in [6, 6.07) is 15.8. The third-order valence-electron chi connectivity index (χ3n) is 4.80. The summed E-state index contributed by atoms with van der Waals surface area (Å²) in [6.07, 6.45) is 1.89. The first-order valence-electron chi connectivity index (χ1n) is 9.78. The molecule has 0 fully saturated rings. The molecular weight excluding hydrogens is 400 g/mol. The van der Waals surface area contributed by atoms with Gasteiger partial charge in [-0.2, -0.15) is 4.98 Å². The van der Waals surface area contributed by atoms with Crippen LogP contribution in [0.15, 0.2) is 64.4 Å². The number of rotatable bonds is 6. The van der Waals surface area contributed by atoms with Crippen molar-refractivity contribution in [1.29, 1.82) is 0 Å². The summed E-state index contributed by atoms with van der Waals surface area (Å²) in [4.78, 5) is 9.12. The largest absolute Gasteiger partial charge is 0.486 e. The average Bonchev–Trinajstić information content (AvgIpc) is 3.45. The molecular formula is C22H20N4O3S. The summed E-state index contributed by atoms with van der Waals surface area (Å²) in [7, 11) is 0. The van der Waals surface area contributed by atoms with E-state index in [0.29, 0.717) is 30.7 Å². The second kappa shape index (κ2) is 8.23. The molecule has 4 aromatic rings. The Bertz CT molecular complexity index is 1160. The summed E-state index contributed by atoms with van der Waals surface area (Å²) in [5, 5.41) is 4.99. The summed E-state index contributed by atoms with van der Waals surface area (Å²) >= 11 is 1.58. The van der Waals surface area contributed by atoms with Gasteiger partial charge >= 0.3 is 0 Å². The van der Waals surface area contributed by atoms with E-state index in [0.717, 1.165) is 40.0 Å². The maximum Gasteiger partial charge on any atom is 0.237 e. The van der Waals surface area contributed by atoms with Crippen LogP contribution in [0.2, 0.25) is 0 Å². The Kier molecular flexibility index (Phi) is 5.15. The summed E-state index contributed by atoms with van der Waals surface area (Å²) in [5.41, 5.74) is 3.02. The lowest BCUT2D eigenvalue weighted by atomic mass is 10.1. The molecule has 0 spiro atoms. The Balaban J connectivity index is 1.34. The van der Waals surface area contributed by atoms with Crippen molar-refractivity contribution < 1.29 is 14.0 Å². The maximum absolute atomic E-state index is 5.72. The number of benzene rings is 2. The van der Waals surface area contributed by atoms with E-state index >= 15 is 0 Å². The van der Waals surface area contributed by atoms with E-state index in [9.17, 15) is 0 Å². The second-order valence-electron chi connectivity index (χ2n) is 6.70. The third kappa shape index (κ3) is 3.66. The van der Waals surface area contributed by atoms with Gasteiger partial charge in [0.05, 0.1) is 17.6 Å². The molecule has 0 unspecified atom stereocenters. The number of fused-ring (bicyclic) bond motifs is 1. The van der Waals surface area contributed by atoms with Gasteiger partial charge in [0, 0.05) is 17.7 Å². The number of hydrogen-bond acceptors (Lipinski definition) is 7. The molecule has 0 saturated heterocycles. The predicted octanol–water partition coefficient (Wildman–Crippen LogP) is 4.68. The van der Waals surface area contributed by atoms with Crippen molar-refractivity contribution in [1.82, 2.24) is 19.7 Å². The molecule has 0 atom stereocenters. The van der Waals surface area contributed by atoms with Gasteiger partial charge in [-0.05, 0) is 25.1 Å². The van der Waals surface area contributed by atoms with Gasteiger partial charge in [0.25, 0.3) is 0 Å². The van der Waals surface area contributed by atoms with Crippen molar-refractivity contribution >= 4 is 11.8 Å². The molecule has 1 aliphatic heterocycles. The molecule has 30 heavy (non-hydrogen) atoms. The van der Waals surface area contributed by atoms with E-state index in [1.165, 1.54) is 0 Å². The van der Waals surface area contributed by atoms with Crippen LogP contribution in [0.4, 0.5) is 0 Å². The summed E-state index contributed by atoms with van der Waals surface area (Å²) in [5.74, 6) is 3.29. The number of aromatic nitrogens is 4. The highest BCUT2D eigenvalue weighted by Gasteiger charge is 2.17. The quantitative estimate of drug-likeness (QED) is 0.419. The Labute approximate surface area is 178 Å². The van der Waals surface area contributed by atoms with Crippen LogP contribution in [0, 0.1) is 0 Å². The van der Waals surface area contributed by atoms with Gasteiger partial charge in [-0.25, -0.2) is 4.98 Å². The highest BCUT2D eigenvalue weighted by molar-refractivity contribution is 7.98. The van der Waals surface area contributed by atoms with Gasteiger partial charge in [-0.15, -0.1) is 0 Å². The molecule has 2 aromatic heterocycles. The Morgan fingerprint density at radius 1 is 1.00 bits per heavy atom. The van der Waals surface area contributed by atoms with Gasteiger partial charge in [0.15, 0.2) is 16.7 Å². The molecule has 0 saturated carbocycles. The van der Waals surface area contributed by atoms with Crippen molar-refractivity contribution in [3.8, 4) is 34.1 Å². The van der Waals surface area contributed by atoms with Gasteiger partial charge in [-0.3, -0.25) is 0 Å². The Hall–Kier alpha value is -3.26. The lowest BCUT2D eigenvalue weighted by Crippen LogP contribution is -2.15. The maximum atomic E-state index is 5.72. The number of ether oxygens (including phenoxy) is 2. The van der Waals surface area contributed by atoms with Crippen molar-refractivity contribution in [2.24, 2.45) is 0 Å². The minimum Gasteiger partial charge on any atom is -0.486 e. The fourth-order valence-electron chi connectivity index (χ4n) is 3.36. The molecule has 0 aliphatic carbocycles. The topological polar surface area (TPSA) is 75.2 Å². The van der Waals surface area contributed by atoms with Crippen LogP contribution >= 0.6 is 11.8 Å². The molecule has 1 aliphatic rings. The SMILES string of the molecule is CCn1c(-c2ccc3c(c2)OCCO3)cnc1SCc1nc(-c2ccccc2)no1. The monoisotopic (exact) mass is 420 g/mol. The zero-order chi connectivity index (χ0) is 20.3. The number of nitrogens with zero attached hydrogens (tertiary/aromatic N) is 4. The lowest BCUT2D eigenvalue weighted by molar-refractivity contribution is 0.171. The standard InChI is InChI=1S/C22H20N4O3S/c1-2-26-17(16-8-9-18-19(12-16)28-11-10-27-18)13-23-22(26)30-14-20-24-21(25-29-20)15-6-4-3-5-7-15/h3-9,12-13H,2,10-11,14H2,1H3. The van der Waals surface area contributed by atoms with Crippen molar-refractivity contribution in [3.63, 3.8) is 0 Å². The second-order valence-corrected chi connectivity index (χ2v) is 7.64. The summed E-state index contributed by atoms with van der Waals surface area (Å²) < 4.78 is 18.9. The summed E-state index contributed by atoms with van der Waals surface area (Å²) in [6.45, 7) is 4.06. The van der Waals surface area contributed by atoms with E-state index in [1.807, 2.05) is 54.7 Å². The van der Waals surface area contributed by atoms with Crippen molar-refractivity contribution in [2.75, 3.05) is 13.2 Å². The zero-order valence-electron chi connectivity index (χ0n) is 16.4. The van der Waals surface area contributed by atoms with Gasteiger partial charge in [-0.1, -0.05) is 47.3 Å². The van der Waals surface area contributed by atoms with Crippen molar-refractivity contribution in [2.45, 2.75) is 24.4 Å². The molecule has 0 N–H and O–H groups in total. The molecule has 0 amide bonds. The number of imidazole rings is 1. The van der Waals surface area contributed by atoms with Crippen LogP contribution in [0.1, 0.15) is 12.8 Å². The highest BCUT2D eigenvalue weighted by Crippen LogP contribution is 2.36. The Morgan fingerprint density at radius 2 is 1.83 bits per heavy atom. The number of thioether (sulfide) groups is 1. The Morgan fingerprint density at radius 3 is 2.67 bits per heavy atom. The first kappa shape index (κ1) is 18.7. The normalized spacial score (nSPS) is 12.8. The number of hydrogen-bond donors (Lipinski definition) is 0. The molecule has 8 heteroatoms. The van der Waals surface area contributed by atoms with E-state index in [4.69, 9.17) is 14.0 Å². The van der Waals surface area contributed by atoms with E-state index in [-0.39, 0.29) is 0 Å². The first-order valence-corrected chi connectivity index (χ1v) is 10.8. The molecule has 152 valence electrons. The molecule has 0 bridgehead atoms. The molecule has 5 rings (SSSR count). The van der Waals surface area contributed by atoms with Crippen LogP contribution in [0.25, 0.3) is 22.6 Å². The average molecular weight is 420 g/mol. The van der Waals surface area contributed by atoms with Gasteiger partial charge in [0.2, 0.25) is 11.7 Å². The highest BCUT2D eigenvalue weighted by atomic mass is 32.2. The smallest absolute Gasteiger partial charge is 0.237 e. The third-order valence-corrected chi connectivity index (χ3v) is 5.77. The van der Waals surface area contributed by atoms with E-state index < -0.39 is 0 Å². The van der Waals surface area contributed by atoms with Gasteiger partial charge < -0.3 is 18.6 Å². The van der Waals surface area contributed by atoms with Crippen molar-refractivity contribution in [3.05, 3.63) is 60.6 Å². The minimum atomic E-state index is 0.553. The molecule has 2 aromatic carbocycles. The molecule has 3 heterocycles. The van der Waals surface area contributed by atoms with Crippen LogP contribution in [0.3, 0.4) is 0 Å².